The molecule has 3 heteroatoms. The molecule has 9 rings (SSSR count). The van der Waals surface area contributed by atoms with Crippen molar-refractivity contribution in [2.24, 2.45) is 0 Å². The fourth-order valence-corrected chi connectivity index (χ4v) is 8.46. The molecule has 0 N–H and O–H groups in total. The summed E-state index contributed by atoms with van der Waals surface area (Å²) in [5.41, 5.74) is 11.7. The molecule has 0 spiro atoms. The Kier molecular flexibility index (Phi) is 4.93. The van der Waals surface area contributed by atoms with Gasteiger partial charge >= 0.3 is 0 Å². The average Bonchev–Trinajstić information content (AvgIpc) is 3.65. The van der Waals surface area contributed by atoms with Gasteiger partial charge in [-0.3, -0.25) is 0 Å². The highest BCUT2D eigenvalue weighted by molar-refractivity contribution is 7.25. The van der Waals surface area contributed by atoms with Crippen LogP contribution < -0.4 is 0 Å². The second-order valence-electron chi connectivity index (χ2n) is 12.1. The van der Waals surface area contributed by atoms with Gasteiger partial charge in [0.05, 0.1) is 28.4 Å². The first-order chi connectivity index (χ1) is 21.0. The Morgan fingerprint density at radius 3 is 2.05 bits per heavy atom. The van der Waals surface area contributed by atoms with Gasteiger partial charge in [-0.1, -0.05) is 80.6 Å². The fraction of sp³-hybridized carbons (Fsp3) is 0.0750. The molecule has 1 aliphatic rings. The molecule has 0 radical (unpaired) electrons. The SMILES string of the molecule is CC1(C)c2ccccc2-c2cc3c(cc21)sc1ccc(-c2cc(C#N)ccc2-n2c4ccccc4c4ccccc42)cc13. The Morgan fingerprint density at radius 2 is 1.28 bits per heavy atom. The predicted octanol–water partition coefficient (Wildman–Crippen LogP) is 11.0. The van der Waals surface area contributed by atoms with Crippen LogP contribution in [0.1, 0.15) is 30.5 Å². The van der Waals surface area contributed by atoms with E-state index in [4.69, 9.17) is 0 Å². The lowest BCUT2D eigenvalue weighted by atomic mass is 9.82. The first kappa shape index (κ1) is 24.4. The zero-order valence-electron chi connectivity index (χ0n) is 23.8. The second kappa shape index (κ2) is 8.67. The van der Waals surface area contributed by atoms with Crippen LogP contribution in [-0.2, 0) is 5.41 Å². The molecule has 0 atom stereocenters. The van der Waals surface area contributed by atoms with Crippen LogP contribution in [0.3, 0.4) is 0 Å². The van der Waals surface area contributed by atoms with E-state index in [1.807, 2.05) is 23.5 Å². The van der Waals surface area contributed by atoms with Gasteiger partial charge in [-0.25, -0.2) is 0 Å². The molecular weight excluding hydrogens is 541 g/mol. The summed E-state index contributed by atoms with van der Waals surface area (Å²) in [6, 6.07) is 46.1. The lowest BCUT2D eigenvalue weighted by Crippen LogP contribution is -2.14. The van der Waals surface area contributed by atoms with E-state index in [1.54, 1.807) is 0 Å². The zero-order valence-corrected chi connectivity index (χ0v) is 24.7. The summed E-state index contributed by atoms with van der Waals surface area (Å²) in [5, 5.41) is 14.9. The van der Waals surface area contributed by atoms with Gasteiger partial charge in [0.2, 0.25) is 0 Å². The quantitative estimate of drug-likeness (QED) is 0.205. The van der Waals surface area contributed by atoms with Crippen LogP contribution in [0.2, 0.25) is 0 Å². The van der Waals surface area contributed by atoms with Crippen LogP contribution in [-0.4, -0.2) is 4.57 Å². The van der Waals surface area contributed by atoms with E-state index < -0.39 is 0 Å². The van der Waals surface area contributed by atoms with Crippen molar-refractivity contribution in [3.05, 3.63) is 138 Å². The number of hydrogen-bond donors (Lipinski definition) is 0. The molecule has 2 aromatic heterocycles. The summed E-state index contributed by atoms with van der Waals surface area (Å²) in [6.45, 7) is 4.68. The molecule has 0 aliphatic heterocycles. The third-order valence-electron chi connectivity index (χ3n) is 9.43. The molecule has 202 valence electrons. The van der Waals surface area contributed by atoms with Crippen LogP contribution in [0.5, 0.6) is 0 Å². The van der Waals surface area contributed by atoms with Gasteiger partial charge in [-0.2, -0.15) is 5.26 Å². The molecule has 0 fully saturated rings. The molecule has 0 amide bonds. The minimum atomic E-state index is -0.0175. The van der Waals surface area contributed by atoms with Crippen LogP contribution >= 0.6 is 11.3 Å². The number of thiophene rings is 1. The van der Waals surface area contributed by atoms with E-state index >= 15 is 0 Å². The Bertz CT molecular complexity index is 2450. The molecular formula is C40H26N2S. The first-order valence-corrected chi connectivity index (χ1v) is 15.5. The Hall–Kier alpha value is -5.17. The molecule has 0 saturated heterocycles. The van der Waals surface area contributed by atoms with Crippen molar-refractivity contribution in [1.82, 2.24) is 4.57 Å². The number of aromatic nitrogens is 1. The normalized spacial score (nSPS) is 13.5. The largest absolute Gasteiger partial charge is 0.309 e. The Morgan fingerprint density at radius 1 is 0.581 bits per heavy atom. The topological polar surface area (TPSA) is 28.7 Å². The van der Waals surface area contributed by atoms with Crippen LogP contribution in [0.4, 0.5) is 0 Å². The standard InChI is InChI=1S/C40H26N2S/c1-40(2)33-12-6-3-9-26(33)30-21-32-31-20-25(16-18-38(31)43-39(32)22-34(30)40)29-19-24(23-41)15-17-37(29)42-35-13-7-4-10-27(35)28-11-5-8-14-36(28)42/h3-22H,1-2H3. The van der Waals surface area contributed by atoms with Crippen molar-refractivity contribution in [2.45, 2.75) is 19.3 Å². The number of para-hydroxylation sites is 2. The molecule has 2 heterocycles. The Balaban J connectivity index is 1.31. The summed E-state index contributed by atoms with van der Waals surface area (Å²) in [7, 11) is 0. The fourth-order valence-electron chi connectivity index (χ4n) is 7.35. The number of nitrogens with zero attached hydrogens (tertiary/aromatic N) is 2. The zero-order chi connectivity index (χ0) is 28.9. The van der Waals surface area contributed by atoms with Crippen LogP contribution in [0.25, 0.3) is 69.9 Å². The van der Waals surface area contributed by atoms with Gasteiger partial charge in [-0.05, 0) is 82.4 Å². The van der Waals surface area contributed by atoms with E-state index in [-0.39, 0.29) is 5.41 Å². The van der Waals surface area contributed by atoms with Crippen molar-refractivity contribution in [3.63, 3.8) is 0 Å². The van der Waals surface area contributed by atoms with Crippen LogP contribution in [0.15, 0.2) is 121 Å². The van der Waals surface area contributed by atoms with E-state index in [2.05, 4.69) is 134 Å². The van der Waals surface area contributed by atoms with Crippen molar-refractivity contribution in [2.75, 3.05) is 0 Å². The highest BCUT2D eigenvalue weighted by atomic mass is 32.1. The molecule has 43 heavy (non-hydrogen) atoms. The van der Waals surface area contributed by atoms with Gasteiger partial charge in [0.25, 0.3) is 0 Å². The van der Waals surface area contributed by atoms with E-state index in [1.165, 1.54) is 53.2 Å². The van der Waals surface area contributed by atoms with Gasteiger partial charge in [0.15, 0.2) is 0 Å². The minimum absolute atomic E-state index is 0.0175. The van der Waals surface area contributed by atoms with Crippen molar-refractivity contribution in [3.8, 4) is 34.0 Å². The van der Waals surface area contributed by atoms with Crippen molar-refractivity contribution < 1.29 is 0 Å². The average molecular weight is 567 g/mol. The third kappa shape index (κ3) is 3.33. The summed E-state index contributed by atoms with van der Waals surface area (Å²) in [6.07, 6.45) is 0. The minimum Gasteiger partial charge on any atom is -0.309 e. The van der Waals surface area contributed by atoms with Crippen molar-refractivity contribution in [1.29, 1.82) is 5.26 Å². The molecule has 6 aromatic carbocycles. The number of benzene rings is 6. The highest BCUT2D eigenvalue weighted by Gasteiger charge is 2.35. The summed E-state index contributed by atoms with van der Waals surface area (Å²) in [5.74, 6) is 0. The van der Waals surface area contributed by atoms with Crippen LogP contribution in [0, 0.1) is 11.3 Å². The summed E-state index contributed by atoms with van der Waals surface area (Å²) >= 11 is 1.87. The maximum atomic E-state index is 9.91. The number of fused-ring (bicyclic) bond motifs is 9. The molecule has 1 aliphatic carbocycles. The highest BCUT2D eigenvalue weighted by Crippen LogP contribution is 2.51. The summed E-state index contributed by atoms with van der Waals surface area (Å²) in [4.78, 5) is 0. The predicted molar refractivity (Wildman–Crippen MR) is 181 cm³/mol. The molecule has 2 nitrogen and oxygen atoms in total. The Labute approximate surface area is 253 Å². The van der Waals surface area contributed by atoms with E-state index in [0.717, 1.165) is 27.8 Å². The number of rotatable bonds is 2. The molecule has 0 saturated carbocycles. The van der Waals surface area contributed by atoms with E-state index in [0.29, 0.717) is 5.56 Å². The molecule has 0 unspecified atom stereocenters. The van der Waals surface area contributed by atoms with E-state index in [9.17, 15) is 5.26 Å². The van der Waals surface area contributed by atoms with Crippen molar-refractivity contribution >= 4 is 53.3 Å². The first-order valence-electron chi connectivity index (χ1n) is 14.7. The van der Waals surface area contributed by atoms with Gasteiger partial charge in [0.1, 0.15) is 0 Å². The lowest BCUT2D eigenvalue weighted by molar-refractivity contribution is 0.661. The van der Waals surface area contributed by atoms with Gasteiger partial charge < -0.3 is 4.57 Å². The van der Waals surface area contributed by atoms with Gasteiger partial charge in [-0.15, -0.1) is 11.3 Å². The molecule has 0 bridgehead atoms. The number of hydrogen-bond acceptors (Lipinski definition) is 2. The van der Waals surface area contributed by atoms with Gasteiger partial charge in [0, 0.05) is 41.9 Å². The lowest BCUT2D eigenvalue weighted by Gasteiger charge is -2.21. The smallest absolute Gasteiger partial charge is 0.0991 e. The summed E-state index contributed by atoms with van der Waals surface area (Å²) < 4.78 is 4.95. The number of nitriles is 1. The molecule has 8 aromatic rings. The maximum Gasteiger partial charge on any atom is 0.0991 e. The second-order valence-corrected chi connectivity index (χ2v) is 13.2. The maximum absolute atomic E-state index is 9.91. The third-order valence-corrected chi connectivity index (χ3v) is 10.6. The monoisotopic (exact) mass is 566 g/mol.